The van der Waals surface area contributed by atoms with E-state index < -0.39 is 0 Å². The first kappa shape index (κ1) is 14.9. The van der Waals surface area contributed by atoms with Crippen LogP contribution in [0.25, 0.3) is 6.08 Å². The first-order valence-corrected chi connectivity index (χ1v) is 6.87. The monoisotopic (exact) mass is 285 g/mol. The zero-order valence-corrected chi connectivity index (χ0v) is 12.3. The third-order valence-electron chi connectivity index (χ3n) is 2.96. The molecule has 0 atom stereocenters. The van der Waals surface area contributed by atoms with Gasteiger partial charge in [-0.1, -0.05) is 12.1 Å². The Morgan fingerprint density at radius 3 is 2.67 bits per heavy atom. The average molecular weight is 285 g/mol. The molecule has 0 aliphatic carbocycles. The molecule has 110 valence electrons. The zero-order chi connectivity index (χ0) is 15.1. The molecule has 1 amide bonds. The molecule has 2 aromatic rings. The molecule has 0 spiro atoms. The highest BCUT2D eigenvalue weighted by Crippen LogP contribution is 2.13. The zero-order valence-electron chi connectivity index (χ0n) is 12.3. The third-order valence-corrected chi connectivity index (χ3v) is 2.96. The largest absolute Gasteiger partial charge is 0.494 e. The van der Waals surface area contributed by atoms with E-state index in [0.717, 1.165) is 11.3 Å². The Kier molecular flexibility index (Phi) is 5.21. The second-order valence-corrected chi connectivity index (χ2v) is 4.62. The molecule has 0 fully saturated rings. The molecule has 1 heterocycles. The van der Waals surface area contributed by atoms with Gasteiger partial charge in [-0.15, -0.1) is 0 Å². The van der Waals surface area contributed by atoms with Crippen LogP contribution in [0.15, 0.2) is 53.2 Å². The molecule has 0 unspecified atom stereocenters. The summed E-state index contributed by atoms with van der Waals surface area (Å²) in [6.07, 6.45) is 4.75. The Morgan fingerprint density at radius 1 is 1.29 bits per heavy atom. The summed E-state index contributed by atoms with van der Waals surface area (Å²) in [7, 11) is 1.77. The van der Waals surface area contributed by atoms with Gasteiger partial charge in [0.25, 0.3) is 0 Å². The van der Waals surface area contributed by atoms with Gasteiger partial charge in [0.2, 0.25) is 5.91 Å². The molecule has 0 aliphatic rings. The second kappa shape index (κ2) is 7.33. The smallest absolute Gasteiger partial charge is 0.246 e. The van der Waals surface area contributed by atoms with Gasteiger partial charge in [0.1, 0.15) is 11.5 Å². The van der Waals surface area contributed by atoms with Crippen LogP contribution < -0.4 is 4.74 Å². The highest BCUT2D eigenvalue weighted by atomic mass is 16.5. The van der Waals surface area contributed by atoms with Crippen LogP contribution in [0.5, 0.6) is 5.75 Å². The van der Waals surface area contributed by atoms with E-state index in [-0.39, 0.29) is 5.91 Å². The lowest BCUT2D eigenvalue weighted by Gasteiger charge is -2.15. The van der Waals surface area contributed by atoms with Crippen molar-refractivity contribution in [2.24, 2.45) is 0 Å². The molecule has 1 aromatic carbocycles. The van der Waals surface area contributed by atoms with Crippen LogP contribution in [-0.2, 0) is 11.3 Å². The summed E-state index contributed by atoms with van der Waals surface area (Å²) in [5.41, 5.74) is 1.06. The molecule has 0 saturated heterocycles. The van der Waals surface area contributed by atoms with Gasteiger partial charge in [-0.2, -0.15) is 0 Å². The summed E-state index contributed by atoms with van der Waals surface area (Å²) >= 11 is 0. The Hall–Kier alpha value is -2.49. The van der Waals surface area contributed by atoms with E-state index in [1.165, 1.54) is 6.08 Å². The molecule has 4 heteroatoms. The van der Waals surface area contributed by atoms with E-state index in [9.17, 15) is 4.79 Å². The minimum absolute atomic E-state index is 0.0692. The van der Waals surface area contributed by atoms with E-state index >= 15 is 0 Å². The van der Waals surface area contributed by atoms with Gasteiger partial charge >= 0.3 is 0 Å². The summed E-state index contributed by atoms with van der Waals surface area (Å²) in [5.74, 6) is 1.44. The Bertz CT molecular complexity index is 585. The number of benzene rings is 1. The van der Waals surface area contributed by atoms with Crippen LogP contribution in [0.1, 0.15) is 18.2 Å². The summed E-state index contributed by atoms with van der Waals surface area (Å²) < 4.78 is 10.5. The molecule has 4 nitrogen and oxygen atoms in total. The topological polar surface area (TPSA) is 42.7 Å². The minimum Gasteiger partial charge on any atom is -0.494 e. The van der Waals surface area contributed by atoms with Gasteiger partial charge in [0.15, 0.2) is 0 Å². The Morgan fingerprint density at radius 2 is 2.05 bits per heavy atom. The van der Waals surface area contributed by atoms with Crippen molar-refractivity contribution in [2.75, 3.05) is 13.7 Å². The van der Waals surface area contributed by atoms with Crippen molar-refractivity contribution < 1.29 is 13.9 Å². The lowest BCUT2D eigenvalue weighted by atomic mass is 10.2. The van der Waals surface area contributed by atoms with Crippen LogP contribution in [-0.4, -0.2) is 24.5 Å². The fraction of sp³-hybridized carbons (Fsp3) is 0.235. The number of rotatable bonds is 6. The maximum atomic E-state index is 12.0. The van der Waals surface area contributed by atoms with Gasteiger partial charge in [-0.05, 0) is 42.8 Å². The number of hydrogen-bond donors (Lipinski definition) is 0. The predicted octanol–water partition coefficient (Wildman–Crippen LogP) is 3.35. The average Bonchev–Trinajstić information content (AvgIpc) is 3.00. The molecule has 0 saturated carbocycles. The van der Waals surface area contributed by atoms with Gasteiger partial charge < -0.3 is 14.1 Å². The quantitative estimate of drug-likeness (QED) is 0.764. The molecule has 21 heavy (non-hydrogen) atoms. The number of carbonyl (C=O) groups is 1. The van der Waals surface area contributed by atoms with Crippen molar-refractivity contribution >= 4 is 12.0 Å². The standard InChI is InChI=1S/C17H19NO3/c1-3-20-16-8-6-14(7-9-16)13-18(2)17(19)11-10-15-5-4-12-21-15/h4-12H,3,13H2,1-2H3. The number of furan rings is 1. The molecule has 0 radical (unpaired) electrons. The van der Waals surface area contributed by atoms with Crippen molar-refractivity contribution in [3.8, 4) is 5.75 Å². The lowest BCUT2D eigenvalue weighted by molar-refractivity contribution is -0.125. The third kappa shape index (κ3) is 4.53. The maximum Gasteiger partial charge on any atom is 0.246 e. The fourth-order valence-electron chi connectivity index (χ4n) is 1.88. The molecule has 0 N–H and O–H groups in total. The number of likely N-dealkylation sites (N-methyl/N-ethyl adjacent to an activating group) is 1. The number of carbonyl (C=O) groups excluding carboxylic acids is 1. The van der Waals surface area contributed by atoms with E-state index in [4.69, 9.17) is 9.15 Å². The van der Waals surface area contributed by atoms with Gasteiger partial charge in [-0.3, -0.25) is 4.79 Å². The molecular weight excluding hydrogens is 266 g/mol. The predicted molar refractivity (Wildman–Crippen MR) is 81.8 cm³/mol. The van der Waals surface area contributed by atoms with Gasteiger partial charge in [-0.25, -0.2) is 0 Å². The maximum absolute atomic E-state index is 12.0. The van der Waals surface area contributed by atoms with Crippen molar-refractivity contribution in [3.63, 3.8) is 0 Å². The van der Waals surface area contributed by atoms with Crippen LogP contribution in [0.3, 0.4) is 0 Å². The van der Waals surface area contributed by atoms with Crippen LogP contribution in [0.2, 0.25) is 0 Å². The highest BCUT2D eigenvalue weighted by Gasteiger charge is 2.06. The van der Waals surface area contributed by atoms with Crippen molar-refractivity contribution in [2.45, 2.75) is 13.5 Å². The van der Waals surface area contributed by atoms with E-state index in [0.29, 0.717) is 18.9 Å². The summed E-state index contributed by atoms with van der Waals surface area (Å²) in [6.45, 7) is 3.15. The van der Waals surface area contributed by atoms with Crippen molar-refractivity contribution in [3.05, 3.63) is 60.1 Å². The normalized spacial score (nSPS) is 10.8. The molecule has 2 rings (SSSR count). The molecular formula is C17H19NO3. The second-order valence-electron chi connectivity index (χ2n) is 4.62. The first-order valence-electron chi connectivity index (χ1n) is 6.87. The highest BCUT2D eigenvalue weighted by molar-refractivity contribution is 5.91. The molecule has 0 bridgehead atoms. The van der Waals surface area contributed by atoms with Crippen LogP contribution >= 0.6 is 0 Å². The SMILES string of the molecule is CCOc1ccc(CN(C)C(=O)C=Cc2ccco2)cc1. The van der Waals surface area contributed by atoms with Crippen LogP contribution in [0, 0.1) is 0 Å². The fourth-order valence-corrected chi connectivity index (χ4v) is 1.88. The summed E-state index contributed by atoms with van der Waals surface area (Å²) in [5, 5.41) is 0. The van der Waals surface area contributed by atoms with Gasteiger partial charge in [0, 0.05) is 19.7 Å². The molecule has 1 aromatic heterocycles. The van der Waals surface area contributed by atoms with Crippen molar-refractivity contribution in [1.82, 2.24) is 4.90 Å². The van der Waals surface area contributed by atoms with E-state index in [1.807, 2.05) is 31.2 Å². The van der Waals surface area contributed by atoms with Gasteiger partial charge in [0.05, 0.1) is 12.9 Å². The Balaban J connectivity index is 1.90. The lowest BCUT2D eigenvalue weighted by Crippen LogP contribution is -2.24. The number of hydrogen-bond acceptors (Lipinski definition) is 3. The van der Waals surface area contributed by atoms with E-state index in [1.54, 1.807) is 36.4 Å². The number of ether oxygens (including phenoxy) is 1. The summed E-state index contributed by atoms with van der Waals surface area (Å²) in [4.78, 5) is 13.6. The number of amides is 1. The van der Waals surface area contributed by atoms with Crippen LogP contribution in [0.4, 0.5) is 0 Å². The molecule has 0 aliphatic heterocycles. The van der Waals surface area contributed by atoms with E-state index in [2.05, 4.69) is 0 Å². The van der Waals surface area contributed by atoms with Crippen molar-refractivity contribution in [1.29, 1.82) is 0 Å². The number of nitrogens with zero attached hydrogens (tertiary/aromatic N) is 1. The first-order chi connectivity index (χ1) is 10.2. The summed E-state index contributed by atoms with van der Waals surface area (Å²) in [6, 6.07) is 11.3. The Labute approximate surface area is 124 Å². The minimum atomic E-state index is -0.0692.